The van der Waals surface area contributed by atoms with Crippen molar-refractivity contribution in [2.24, 2.45) is 0 Å². The van der Waals surface area contributed by atoms with Crippen LogP contribution in [0, 0.1) is 0 Å². The molecule has 0 aromatic heterocycles. The monoisotopic (exact) mass is 291 g/mol. The van der Waals surface area contributed by atoms with Gasteiger partial charge in [0.15, 0.2) is 0 Å². The lowest BCUT2D eigenvalue weighted by atomic mass is 10.0. The molecule has 0 spiro atoms. The minimum Gasteiger partial charge on any atom is -0.380 e. The first kappa shape index (κ1) is 14.0. The number of rotatable bonds is 5. The molecule has 0 fully saturated rings. The molecule has 0 unspecified atom stereocenters. The maximum absolute atomic E-state index is 5.89. The van der Waals surface area contributed by atoms with Crippen molar-refractivity contribution in [3.05, 3.63) is 76.3 Å². The van der Waals surface area contributed by atoms with Gasteiger partial charge in [-0.05, 0) is 23.6 Å². The summed E-state index contributed by atoms with van der Waals surface area (Å²) in [6.07, 6.45) is 0.895. The van der Waals surface area contributed by atoms with Crippen LogP contribution in [0.4, 0.5) is 5.69 Å². The fourth-order valence-corrected chi connectivity index (χ4v) is 2.02. The first-order valence-corrected chi connectivity index (χ1v) is 6.91. The van der Waals surface area contributed by atoms with E-state index in [1.807, 2.05) is 18.2 Å². The molecule has 1 N–H and O–H groups in total. The molecular formula is C16H15Cl2N. The Labute approximate surface area is 123 Å². The van der Waals surface area contributed by atoms with Crippen LogP contribution in [0.2, 0.25) is 0 Å². The number of halogens is 2. The summed E-state index contributed by atoms with van der Waals surface area (Å²) >= 11 is 11.4. The Morgan fingerprint density at radius 1 is 1.00 bits per heavy atom. The van der Waals surface area contributed by atoms with Crippen LogP contribution in [-0.4, -0.2) is 6.54 Å². The standard InChI is InChI=1S/C16H15Cl2N/c17-11-15(18)12-19-16-9-5-4-8-14(16)10-13-6-2-1-3-7-13/h1-9,11,19H,10,12H2. The fraction of sp³-hybridized carbons (Fsp3) is 0.125. The number of para-hydroxylation sites is 1. The summed E-state index contributed by atoms with van der Waals surface area (Å²) in [5.41, 5.74) is 5.00. The lowest BCUT2D eigenvalue weighted by Gasteiger charge is -2.11. The molecule has 0 radical (unpaired) electrons. The lowest BCUT2D eigenvalue weighted by Crippen LogP contribution is -2.04. The normalized spacial score (nSPS) is 11.4. The van der Waals surface area contributed by atoms with Gasteiger partial charge >= 0.3 is 0 Å². The topological polar surface area (TPSA) is 12.0 Å². The molecule has 0 saturated carbocycles. The Bertz CT molecular complexity index is 550. The van der Waals surface area contributed by atoms with Gasteiger partial charge in [0.25, 0.3) is 0 Å². The van der Waals surface area contributed by atoms with Crippen molar-refractivity contribution in [2.75, 3.05) is 11.9 Å². The highest BCUT2D eigenvalue weighted by atomic mass is 35.5. The molecule has 2 rings (SSSR count). The summed E-state index contributed by atoms with van der Waals surface area (Å²) in [6.45, 7) is 0.539. The highest BCUT2D eigenvalue weighted by Gasteiger charge is 2.03. The molecule has 2 aromatic carbocycles. The van der Waals surface area contributed by atoms with Gasteiger partial charge in [-0.3, -0.25) is 0 Å². The third kappa shape index (κ3) is 4.30. The van der Waals surface area contributed by atoms with Crippen molar-refractivity contribution >= 4 is 28.9 Å². The summed E-state index contributed by atoms with van der Waals surface area (Å²) in [7, 11) is 0. The average molecular weight is 292 g/mol. The van der Waals surface area contributed by atoms with Crippen LogP contribution in [0.5, 0.6) is 0 Å². The predicted octanol–water partition coefficient (Wildman–Crippen LogP) is 5.01. The van der Waals surface area contributed by atoms with E-state index in [-0.39, 0.29) is 0 Å². The first-order valence-electron chi connectivity index (χ1n) is 6.10. The molecule has 0 atom stereocenters. The van der Waals surface area contributed by atoms with Gasteiger partial charge in [-0.1, -0.05) is 71.7 Å². The second-order valence-corrected chi connectivity index (χ2v) is 4.93. The minimum atomic E-state index is 0.539. The highest BCUT2D eigenvalue weighted by molar-refractivity contribution is 6.36. The molecule has 0 aliphatic rings. The van der Waals surface area contributed by atoms with E-state index in [9.17, 15) is 0 Å². The summed E-state index contributed by atoms with van der Waals surface area (Å²) in [5.74, 6) is 0. The average Bonchev–Trinajstić information content (AvgIpc) is 2.47. The van der Waals surface area contributed by atoms with Crippen LogP contribution in [0.15, 0.2) is 65.2 Å². The van der Waals surface area contributed by atoms with Crippen LogP contribution in [0.3, 0.4) is 0 Å². The van der Waals surface area contributed by atoms with Crippen molar-refractivity contribution in [2.45, 2.75) is 6.42 Å². The Morgan fingerprint density at radius 2 is 1.68 bits per heavy atom. The lowest BCUT2D eigenvalue weighted by molar-refractivity contribution is 1.17. The first-order chi connectivity index (χ1) is 9.29. The van der Waals surface area contributed by atoms with Crippen molar-refractivity contribution in [1.29, 1.82) is 0 Å². The van der Waals surface area contributed by atoms with Gasteiger partial charge in [-0.2, -0.15) is 0 Å². The Hall–Kier alpha value is -1.44. The zero-order valence-corrected chi connectivity index (χ0v) is 12.0. The smallest absolute Gasteiger partial charge is 0.0516 e. The summed E-state index contributed by atoms with van der Waals surface area (Å²) in [6, 6.07) is 18.6. The molecule has 98 valence electrons. The molecule has 2 aromatic rings. The molecule has 0 bridgehead atoms. The molecule has 0 heterocycles. The van der Waals surface area contributed by atoms with Crippen LogP contribution in [-0.2, 0) is 6.42 Å². The van der Waals surface area contributed by atoms with E-state index in [4.69, 9.17) is 23.2 Å². The van der Waals surface area contributed by atoms with Crippen molar-refractivity contribution in [1.82, 2.24) is 0 Å². The van der Waals surface area contributed by atoms with E-state index in [0.29, 0.717) is 11.6 Å². The summed E-state index contributed by atoms with van der Waals surface area (Å²) in [4.78, 5) is 0. The van der Waals surface area contributed by atoms with Gasteiger partial charge in [0.05, 0.1) is 6.54 Å². The maximum atomic E-state index is 5.89. The fourth-order valence-electron chi connectivity index (χ4n) is 1.88. The van der Waals surface area contributed by atoms with Crippen LogP contribution < -0.4 is 5.32 Å². The number of hydrogen-bond donors (Lipinski definition) is 1. The van der Waals surface area contributed by atoms with Gasteiger partial charge < -0.3 is 5.32 Å². The second-order valence-electron chi connectivity index (χ2n) is 4.23. The molecule has 1 nitrogen and oxygen atoms in total. The molecule has 0 saturated heterocycles. The Balaban J connectivity index is 2.12. The molecule has 3 heteroatoms. The zero-order chi connectivity index (χ0) is 13.5. The third-order valence-corrected chi connectivity index (χ3v) is 3.44. The maximum Gasteiger partial charge on any atom is 0.0516 e. The summed E-state index contributed by atoms with van der Waals surface area (Å²) in [5, 5.41) is 3.89. The predicted molar refractivity (Wildman–Crippen MR) is 84.0 cm³/mol. The number of nitrogens with one attached hydrogen (secondary N) is 1. The minimum absolute atomic E-state index is 0.539. The zero-order valence-electron chi connectivity index (χ0n) is 10.4. The van der Waals surface area contributed by atoms with E-state index in [1.54, 1.807) is 0 Å². The highest BCUT2D eigenvalue weighted by Crippen LogP contribution is 2.19. The molecule has 19 heavy (non-hydrogen) atoms. The van der Waals surface area contributed by atoms with Gasteiger partial charge in [0.1, 0.15) is 0 Å². The van der Waals surface area contributed by atoms with Crippen LogP contribution >= 0.6 is 23.2 Å². The molecular weight excluding hydrogens is 277 g/mol. The number of anilines is 1. The second kappa shape index (κ2) is 7.22. The van der Waals surface area contributed by atoms with Crippen molar-refractivity contribution in [3.63, 3.8) is 0 Å². The Morgan fingerprint density at radius 3 is 2.42 bits per heavy atom. The molecule has 0 amide bonds. The van der Waals surface area contributed by atoms with Gasteiger partial charge in [-0.15, -0.1) is 0 Å². The number of hydrogen-bond acceptors (Lipinski definition) is 1. The molecule has 0 aliphatic heterocycles. The van der Waals surface area contributed by atoms with E-state index in [1.165, 1.54) is 16.7 Å². The van der Waals surface area contributed by atoms with Crippen LogP contribution in [0.1, 0.15) is 11.1 Å². The van der Waals surface area contributed by atoms with E-state index in [0.717, 1.165) is 12.1 Å². The SMILES string of the molecule is ClC=C(Cl)CNc1ccccc1Cc1ccccc1. The van der Waals surface area contributed by atoms with Crippen molar-refractivity contribution in [3.8, 4) is 0 Å². The quantitative estimate of drug-likeness (QED) is 0.817. The number of benzene rings is 2. The molecule has 0 aliphatic carbocycles. The van der Waals surface area contributed by atoms with Gasteiger partial charge in [-0.25, -0.2) is 0 Å². The Kier molecular flexibility index (Phi) is 5.31. The third-order valence-electron chi connectivity index (χ3n) is 2.82. The van der Waals surface area contributed by atoms with E-state index in [2.05, 4.69) is 41.7 Å². The van der Waals surface area contributed by atoms with E-state index < -0.39 is 0 Å². The van der Waals surface area contributed by atoms with E-state index >= 15 is 0 Å². The van der Waals surface area contributed by atoms with Gasteiger partial charge in [0, 0.05) is 16.3 Å². The van der Waals surface area contributed by atoms with Crippen LogP contribution in [0.25, 0.3) is 0 Å². The summed E-state index contributed by atoms with van der Waals surface area (Å²) < 4.78 is 0. The van der Waals surface area contributed by atoms with Gasteiger partial charge in [0.2, 0.25) is 0 Å². The van der Waals surface area contributed by atoms with Crippen molar-refractivity contribution < 1.29 is 0 Å². The largest absolute Gasteiger partial charge is 0.380 e.